The molecule has 2 atom stereocenters. The van der Waals surface area contributed by atoms with E-state index >= 15 is 0 Å². The van der Waals surface area contributed by atoms with Crippen LogP contribution in [0, 0.1) is 5.82 Å². The van der Waals surface area contributed by atoms with Crippen LogP contribution < -0.4 is 10.1 Å². The topological polar surface area (TPSA) is 24.5 Å². The normalized spacial score (nSPS) is 24.9. The molecule has 0 aromatic heterocycles. The molecule has 1 saturated heterocycles. The maximum Gasteiger partial charge on any atom is 0.123 e. The third-order valence-electron chi connectivity index (χ3n) is 4.31. The number of ether oxygens (including phenoxy) is 1. The van der Waals surface area contributed by atoms with E-state index < -0.39 is 0 Å². The molecule has 20 heavy (non-hydrogen) atoms. The summed E-state index contributed by atoms with van der Waals surface area (Å²) in [7, 11) is 0. The van der Waals surface area contributed by atoms with Crippen LogP contribution in [0.4, 0.5) is 4.39 Å². The van der Waals surface area contributed by atoms with Gasteiger partial charge in [0.25, 0.3) is 0 Å². The van der Waals surface area contributed by atoms with E-state index in [-0.39, 0.29) is 11.9 Å². The van der Waals surface area contributed by atoms with Gasteiger partial charge in [0.2, 0.25) is 0 Å². The van der Waals surface area contributed by atoms with Crippen molar-refractivity contribution in [2.45, 2.75) is 38.3 Å². The molecule has 0 aliphatic carbocycles. The summed E-state index contributed by atoms with van der Waals surface area (Å²) in [6.07, 6.45) is 3.54. The molecule has 1 N–H and O–H groups in total. The summed E-state index contributed by atoms with van der Waals surface area (Å²) in [5.41, 5.74) is 1.00. The van der Waals surface area contributed by atoms with Crippen LogP contribution >= 0.6 is 0 Å². The van der Waals surface area contributed by atoms with E-state index in [9.17, 15) is 4.39 Å². The van der Waals surface area contributed by atoms with Crippen molar-refractivity contribution in [3.05, 3.63) is 29.6 Å². The zero-order valence-electron chi connectivity index (χ0n) is 12.1. The second kappa shape index (κ2) is 6.10. The van der Waals surface area contributed by atoms with Crippen LogP contribution in [0.3, 0.4) is 0 Å². The third-order valence-corrected chi connectivity index (χ3v) is 4.31. The second-order valence-electron chi connectivity index (χ2n) is 5.84. The number of nitrogens with one attached hydrogen (secondary N) is 1. The van der Waals surface area contributed by atoms with Gasteiger partial charge in [-0.05, 0) is 44.1 Å². The Hall–Kier alpha value is -1.13. The van der Waals surface area contributed by atoms with Crippen LogP contribution in [0.15, 0.2) is 18.2 Å². The molecule has 2 aliphatic heterocycles. The van der Waals surface area contributed by atoms with E-state index in [2.05, 4.69) is 17.1 Å². The lowest BCUT2D eigenvalue weighted by molar-refractivity contribution is 0.147. The number of hydrogen-bond acceptors (Lipinski definition) is 3. The van der Waals surface area contributed by atoms with Crippen molar-refractivity contribution in [2.24, 2.45) is 0 Å². The highest BCUT2D eigenvalue weighted by Gasteiger charge is 2.26. The Morgan fingerprint density at radius 1 is 1.40 bits per heavy atom. The van der Waals surface area contributed by atoms with Crippen LogP contribution in [-0.2, 0) is 6.42 Å². The Morgan fingerprint density at radius 3 is 3.05 bits per heavy atom. The fourth-order valence-corrected chi connectivity index (χ4v) is 3.24. The van der Waals surface area contributed by atoms with Gasteiger partial charge in [0.05, 0.1) is 0 Å². The zero-order chi connectivity index (χ0) is 13.9. The summed E-state index contributed by atoms with van der Waals surface area (Å²) < 4.78 is 19.1. The molecule has 0 radical (unpaired) electrons. The maximum atomic E-state index is 13.2. The standard InChI is InChI=1S/C16H23FN2O/c1-2-19(10-14-4-3-7-18-14)11-15-9-12-8-13(17)5-6-16(12)20-15/h5-6,8,14-15,18H,2-4,7,9-11H2,1H3. The highest BCUT2D eigenvalue weighted by molar-refractivity contribution is 5.37. The molecule has 110 valence electrons. The first-order chi connectivity index (χ1) is 9.74. The number of halogens is 1. The lowest BCUT2D eigenvalue weighted by Crippen LogP contribution is -2.42. The summed E-state index contributed by atoms with van der Waals surface area (Å²) >= 11 is 0. The molecule has 0 amide bonds. The Kier molecular flexibility index (Phi) is 4.22. The Balaban J connectivity index is 1.55. The number of nitrogens with zero attached hydrogens (tertiary/aromatic N) is 1. The maximum absolute atomic E-state index is 13.2. The third kappa shape index (κ3) is 3.13. The highest BCUT2D eigenvalue weighted by Crippen LogP contribution is 2.29. The monoisotopic (exact) mass is 278 g/mol. The van der Waals surface area contributed by atoms with Crippen LogP contribution in [-0.4, -0.2) is 43.2 Å². The van der Waals surface area contributed by atoms with Crippen LogP contribution in [0.5, 0.6) is 5.75 Å². The summed E-state index contributed by atoms with van der Waals surface area (Å²) in [4.78, 5) is 2.44. The molecule has 3 nitrogen and oxygen atoms in total. The Labute approximate surface area is 120 Å². The fraction of sp³-hybridized carbons (Fsp3) is 0.625. The van der Waals surface area contributed by atoms with Gasteiger partial charge in [-0.25, -0.2) is 4.39 Å². The van der Waals surface area contributed by atoms with Crippen molar-refractivity contribution in [3.63, 3.8) is 0 Å². The van der Waals surface area contributed by atoms with Gasteiger partial charge in [-0.2, -0.15) is 0 Å². The van der Waals surface area contributed by atoms with Crippen molar-refractivity contribution in [1.82, 2.24) is 10.2 Å². The number of fused-ring (bicyclic) bond motifs is 1. The van der Waals surface area contributed by atoms with E-state index in [4.69, 9.17) is 4.74 Å². The van der Waals surface area contributed by atoms with E-state index in [1.807, 2.05) is 0 Å². The van der Waals surface area contributed by atoms with Crippen molar-refractivity contribution < 1.29 is 9.13 Å². The summed E-state index contributed by atoms with van der Waals surface area (Å²) in [6.45, 7) is 6.37. The Morgan fingerprint density at radius 2 is 2.30 bits per heavy atom. The highest BCUT2D eigenvalue weighted by atomic mass is 19.1. The lowest BCUT2D eigenvalue weighted by atomic mass is 10.1. The lowest BCUT2D eigenvalue weighted by Gasteiger charge is -2.26. The molecule has 1 aromatic carbocycles. The predicted octanol–water partition coefficient (Wildman–Crippen LogP) is 2.20. The molecule has 0 saturated carbocycles. The predicted molar refractivity (Wildman–Crippen MR) is 77.7 cm³/mol. The average Bonchev–Trinajstić information content (AvgIpc) is 3.06. The molecule has 0 spiro atoms. The molecule has 1 aromatic rings. The zero-order valence-corrected chi connectivity index (χ0v) is 12.1. The number of rotatable bonds is 5. The largest absolute Gasteiger partial charge is 0.488 e. The van der Waals surface area contributed by atoms with Gasteiger partial charge in [0, 0.05) is 31.1 Å². The van der Waals surface area contributed by atoms with Gasteiger partial charge in [0.1, 0.15) is 17.7 Å². The molecule has 4 heteroatoms. The number of benzene rings is 1. The van der Waals surface area contributed by atoms with E-state index in [0.29, 0.717) is 6.04 Å². The summed E-state index contributed by atoms with van der Waals surface area (Å²) in [6, 6.07) is 5.45. The second-order valence-corrected chi connectivity index (χ2v) is 5.84. The summed E-state index contributed by atoms with van der Waals surface area (Å²) in [5.74, 6) is 0.682. The molecule has 2 unspecified atom stereocenters. The first-order valence-electron chi connectivity index (χ1n) is 7.65. The Bertz CT molecular complexity index is 460. The van der Waals surface area contributed by atoms with Gasteiger partial charge in [-0.1, -0.05) is 6.92 Å². The van der Waals surface area contributed by atoms with Crippen LogP contribution in [0.1, 0.15) is 25.3 Å². The van der Waals surface area contributed by atoms with Gasteiger partial charge in [-0.3, -0.25) is 4.90 Å². The quantitative estimate of drug-likeness (QED) is 0.893. The fourth-order valence-electron chi connectivity index (χ4n) is 3.24. The minimum atomic E-state index is -0.171. The number of hydrogen-bond donors (Lipinski definition) is 1. The first kappa shape index (κ1) is 13.8. The minimum Gasteiger partial charge on any atom is -0.488 e. The average molecular weight is 278 g/mol. The van der Waals surface area contributed by atoms with Crippen molar-refractivity contribution in [2.75, 3.05) is 26.2 Å². The van der Waals surface area contributed by atoms with Gasteiger partial charge in [0.15, 0.2) is 0 Å². The van der Waals surface area contributed by atoms with E-state index in [0.717, 1.165) is 43.9 Å². The molecule has 2 aliphatic rings. The molecule has 3 rings (SSSR count). The van der Waals surface area contributed by atoms with Crippen LogP contribution in [0.2, 0.25) is 0 Å². The summed E-state index contributed by atoms with van der Waals surface area (Å²) in [5, 5.41) is 3.54. The van der Waals surface area contributed by atoms with Crippen LogP contribution in [0.25, 0.3) is 0 Å². The molecule has 1 fully saturated rings. The molecular weight excluding hydrogens is 255 g/mol. The molecule has 2 heterocycles. The minimum absolute atomic E-state index is 0.160. The van der Waals surface area contributed by atoms with Gasteiger partial charge >= 0.3 is 0 Å². The molecule has 0 bridgehead atoms. The smallest absolute Gasteiger partial charge is 0.123 e. The van der Waals surface area contributed by atoms with Crippen molar-refractivity contribution in [3.8, 4) is 5.75 Å². The SMILES string of the molecule is CCN(CC1CCCN1)CC1Cc2cc(F)ccc2O1. The van der Waals surface area contributed by atoms with E-state index in [1.165, 1.54) is 18.9 Å². The van der Waals surface area contributed by atoms with Gasteiger partial charge in [-0.15, -0.1) is 0 Å². The van der Waals surface area contributed by atoms with Crippen molar-refractivity contribution >= 4 is 0 Å². The van der Waals surface area contributed by atoms with E-state index in [1.54, 1.807) is 12.1 Å². The van der Waals surface area contributed by atoms with Crippen molar-refractivity contribution in [1.29, 1.82) is 0 Å². The molecular formula is C16H23FN2O. The number of likely N-dealkylation sites (N-methyl/N-ethyl adjacent to an activating group) is 1. The first-order valence-corrected chi connectivity index (χ1v) is 7.65. The van der Waals surface area contributed by atoms with Gasteiger partial charge < -0.3 is 10.1 Å².